The van der Waals surface area contributed by atoms with Crippen LogP contribution < -0.4 is 33.6 Å². The standard InChI is InChI=1S/C15H17N3O.C3H7NO2.HI/c1-18(2,3)13-9-10-14(15(19)11-13)17-16-12-7-5-4-6-8-12;1-4(2)3(5)6;/h4-11H,1-3H3;1-2H3,(H,5,6);1H/p-1. The Labute approximate surface area is 171 Å². The molecule has 26 heavy (non-hydrogen) atoms. The zero-order chi connectivity index (χ0) is 19.0. The quantitative estimate of drug-likeness (QED) is 0.386. The van der Waals surface area contributed by atoms with Gasteiger partial charge in [-0.25, -0.2) is 0 Å². The molecule has 1 amide bonds. The van der Waals surface area contributed by atoms with Crippen LogP contribution in [0.1, 0.15) is 0 Å². The van der Waals surface area contributed by atoms with Gasteiger partial charge in [-0.3, -0.25) is 4.48 Å². The fourth-order valence-electron chi connectivity index (χ4n) is 1.62. The summed E-state index contributed by atoms with van der Waals surface area (Å²) >= 11 is 0. The smallest absolute Gasteiger partial charge is 0.149 e. The Hall–Kier alpha value is -2.20. The highest BCUT2D eigenvalue weighted by atomic mass is 127. The lowest BCUT2D eigenvalue weighted by atomic mass is 10.2. The molecule has 1 N–H and O–H groups in total. The normalized spacial score (nSPS) is 10.5. The van der Waals surface area contributed by atoms with Crippen LogP contribution in [0.3, 0.4) is 0 Å². The SMILES string of the molecule is CN(C)C(=O)[O-].C[N+](C)(C)c1ccc(N=Nc2ccccc2)c(O)c1.[I-]. The summed E-state index contributed by atoms with van der Waals surface area (Å²) in [7, 11) is 8.95. The van der Waals surface area contributed by atoms with E-state index in [1.807, 2.05) is 57.5 Å². The van der Waals surface area contributed by atoms with Crippen molar-refractivity contribution in [3.8, 4) is 5.75 Å². The van der Waals surface area contributed by atoms with E-state index in [0.29, 0.717) is 10.2 Å². The fourth-order valence-corrected chi connectivity index (χ4v) is 1.62. The molecule has 0 heterocycles. The highest BCUT2D eigenvalue weighted by Crippen LogP contribution is 2.32. The first-order chi connectivity index (χ1) is 11.6. The number of rotatable bonds is 3. The van der Waals surface area contributed by atoms with Gasteiger partial charge >= 0.3 is 0 Å². The molecule has 0 aliphatic carbocycles. The van der Waals surface area contributed by atoms with E-state index in [-0.39, 0.29) is 29.7 Å². The van der Waals surface area contributed by atoms with Crippen LogP contribution in [0, 0.1) is 0 Å². The Morgan fingerprint density at radius 3 is 2.00 bits per heavy atom. The summed E-state index contributed by atoms with van der Waals surface area (Å²) in [6.45, 7) is 0. The predicted molar refractivity (Wildman–Crippen MR) is 97.4 cm³/mol. The maximum absolute atomic E-state index is 9.97. The largest absolute Gasteiger partial charge is 1.00 e. The molecule has 7 nitrogen and oxygen atoms in total. The molecule has 0 atom stereocenters. The van der Waals surface area contributed by atoms with E-state index < -0.39 is 6.09 Å². The van der Waals surface area contributed by atoms with Crippen molar-refractivity contribution in [3.05, 3.63) is 48.5 Å². The Kier molecular flexibility index (Phi) is 9.81. The molecule has 0 fully saturated rings. The van der Waals surface area contributed by atoms with Crippen molar-refractivity contribution in [1.82, 2.24) is 9.38 Å². The summed E-state index contributed by atoms with van der Waals surface area (Å²) < 4.78 is 0.643. The second kappa shape index (κ2) is 10.7. The molecular formula is C18H24IN4O3-. The van der Waals surface area contributed by atoms with Crippen LogP contribution in [0.2, 0.25) is 0 Å². The summed E-state index contributed by atoms with van der Waals surface area (Å²) in [4.78, 5) is 10.5. The van der Waals surface area contributed by atoms with Crippen LogP contribution in [-0.4, -0.2) is 51.3 Å². The zero-order valence-corrected chi connectivity index (χ0v) is 17.7. The number of benzene rings is 2. The van der Waals surface area contributed by atoms with Crippen LogP contribution >= 0.6 is 0 Å². The van der Waals surface area contributed by atoms with Crippen molar-refractivity contribution < 1.29 is 39.0 Å². The van der Waals surface area contributed by atoms with Crippen molar-refractivity contribution in [1.29, 1.82) is 0 Å². The lowest BCUT2D eigenvalue weighted by Crippen LogP contribution is -3.00. The lowest BCUT2D eigenvalue weighted by molar-refractivity contribution is -0.262. The average molecular weight is 471 g/mol. The second-order valence-electron chi connectivity index (χ2n) is 6.38. The van der Waals surface area contributed by atoms with Crippen LogP contribution in [0.5, 0.6) is 5.75 Å². The van der Waals surface area contributed by atoms with Gasteiger partial charge in [0.15, 0.2) is 0 Å². The number of hydrogen-bond acceptors (Lipinski definition) is 5. The number of hydrogen-bond donors (Lipinski definition) is 1. The van der Waals surface area contributed by atoms with Crippen molar-refractivity contribution in [2.24, 2.45) is 10.2 Å². The summed E-state index contributed by atoms with van der Waals surface area (Å²) in [5.41, 5.74) is 2.25. The zero-order valence-electron chi connectivity index (χ0n) is 15.5. The third-order valence-electron chi connectivity index (χ3n) is 3.13. The van der Waals surface area contributed by atoms with Gasteiger partial charge in [0.1, 0.15) is 23.2 Å². The molecule has 0 aromatic heterocycles. The van der Waals surface area contributed by atoms with E-state index in [4.69, 9.17) is 0 Å². The van der Waals surface area contributed by atoms with Crippen molar-refractivity contribution in [2.45, 2.75) is 0 Å². The maximum Gasteiger partial charge on any atom is 0.149 e. The minimum absolute atomic E-state index is 0. The van der Waals surface area contributed by atoms with Crippen LogP contribution in [0.25, 0.3) is 0 Å². The number of nitrogens with zero attached hydrogens (tertiary/aromatic N) is 4. The topological polar surface area (TPSA) is 88.3 Å². The third-order valence-corrected chi connectivity index (χ3v) is 3.13. The van der Waals surface area contributed by atoms with E-state index in [9.17, 15) is 15.0 Å². The molecule has 0 unspecified atom stereocenters. The number of azo groups is 1. The number of quaternary nitrogens is 1. The van der Waals surface area contributed by atoms with Gasteiger partial charge in [-0.15, -0.1) is 5.11 Å². The van der Waals surface area contributed by atoms with Gasteiger partial charge in [0, 0.05) is 26.2 Å². The first-order valence-corrected chi connectivity index (χ1v) is 7.61. The minimum atomic E-state index is -1.16. The number of carboxylic acid groups (broad SMARTS) is 1. The van der Waals surface area contributed by atoms with Gasteiger partial charge in [0.2, 0.25) is 0 Å². The van der Waals surface area contributed by atoms with E-state index >= 15 is 0 Å². The highest BCUT2D eigenvalue weighted by molar-refractivity contribution is 5.61. The van der Waals surface area contributed by atoms with E-state index in [2.05, 4.69) is 10.2 Å². The summed E-state index contributed by atoms with van der Waals surface area (Å²) in [6, 6.07) is 14.9. The number of carbonyl (C=O) groups is 1. The number of phenols is 1. The van der Waals surface area contributed by atoms with Gasteiger partial charge < -0.3 is 43.9 Å². The van der Waals surface area contributed by atoms with Crippen LogP contribution in [0.4, 0.5) is 21.9 Å². The van der Waals surface area contributed by atoms with Crippen molar-refractivity contribution in [2.75, 3.05) is 35.2 Å². The Morgan fingerprint density at radius 1 is 1.04 bits per heavy atom. The molecule has 142 valence electrons. The second-order valence-corrected chi connectivity index (χ2v) is 6.38. The number of halogens is 1. The summed E-state index contributed by atoms with van der Waals surface area (Å²) in [5, 5.41) is 27.6. The number of carbonyl (C=O) groups excluding carboxylic acids is 1. The number of amides is 1. The van der Waals surface area contributed by atoms with E-state index in [1.54, 1.807) is 12.1 Å². The lowest BCUT2D eigenvalue weighted by Gasteiger charge is -2.23. The van der Waals surface area contributed by atoms with Gasteiger partial charge in [0.05, 0.1) is 26.8 Å². The first-order valence-electron chi connectivity index (χ1n) is 7.61. The molecule has 0 spiro atoms. The molecule has 2 aromatic carbocycles. The number of aromatic hydroxyl groups is 1. The van der Waals surface area contributed by atoms with Crippen LogP contribution in [-0.2, 0) is 0 Å². The molecule has 0 radical (unpaired) electrons. The molecule has 2 aromatic rings. The molecule has 8 heteroatoms. The van der Waals surface area contributed by atoms with Gasteiger partial charge in [-0.2, -0.15) is 5.11 Å². The average Bonchev–Trinajstić information content (AvgIpc) is 2.54. The monoisotopic (exact) mass is 471 g/mol. The Morgan fingerprint density at radius 2 is 1.58 bits per heavy atom. The van der Waals surface area contributed by atoms with E-state index in [1.165, 1.54) is 14.1 Å². The molecular weight excluding hydrogens is 447 g/mol. The van der Waals surface area contributed by atoms with Crippen molar-refractivity contribution in [3.63, 3.8) is 0 Å². The van der Waals surface area contributed by atoms with E-state index in [0.717, 1.165) is 16.3 Å². The first kappa shape index (κ1) is 23.8. The molecule has 0 aliphatic heterocycles. The number of phenolic OH excluding ortho intramolecular Hbond substituents is 1. The van der Waals surface area contributed by atoms with Gasteiger partial charge in [-0.1, -0.05) is 18.2 Å². The maximum atomic E-state index is 9.97. The third kappa shape index (κ3) is 8.26. The molecule has 0 saturated carbocycles. The van der Waals surface area contributed by atoms with Crippen LogP contribution in [0.15, 0.2) is 58.8 Å². The highest BCUT2D eigenvalue weighted by Gasteiger charge is 2.14. The minimum Gasteiger partial charge on any atom is -1.00 e. The molecule has 0 saturated heterocycles. The predicted octanol–water partition coefficient (Wildman–Crippen LogP) is -0.100. The van der Waals surface area contributed by atoms with Crippen molar-refractivity contribution >= 4 is 23.2 Å². The Balaban J connectivity index is 0.000000777. The van der Waals surface area contributed by atoms with Gasteiger partial charge in [0.25, 0.3) is 0 Å². The van der Waals surface area contributed by atoms with Gasteiger partial charge in [-0.05, 0) is 18.2 Å². The molecule has 0 aliphatic rings. The molecule has 0 bridgehead atoms. The summed E-state index contributed by atoms with van der Waals surface area (Å²) in [5.74, 6) is 0.144. The summed E-state index contributed by atoms with van der Waals surface area (Å²) in [6.07, 6.45) is -1.16. The molecule has 2 rings (SSSR count). The Bertz CT molecular complexity index is 729. The fraction of sp³-hybridized carbons (Fsp3) is 0.278.